The van der Waals surface area contributed by atoms with Gasteiger partial charge in [0.2, 0.25) is 5.91 Å². The van der Waals surface area contributed by atoms with Crippen molar-refractivity contribution in [3.8, 4) is 5.75 Å². The van der Waals surface area contributed by atoms with Gasteiger partial charge in [0.1, 0.15) is 17.3 Å². The van der Waals surface area contributed by atoms with E-state index in [2.05, 4.69) is 5.32 Å². The van der Waals surface area contributed by atoms with Gasteiger partial charge in [-0.15, -0.1) is 0 Å². The molecule has 0 aliphatic carbocycles. The third-order valence-electron chi connectivity index (χ3n) is 2.35. The number of anilines is 1. The number of benzene rings is 1. The van der Waals surface area contributed by atoms with Gasteiger partial charge in [-0.2, -0.15) is 0 Å². The monoisotopic (exact) mass is 296 g/mol. The van der Waals surface area contributed by atoms with Gasteiger partial charge in [0, 0.05) is 6.61 Å². The van der Waals surface area contributed by atoms with E-state index in [0.717, 1.165) is 6.42 Å². The lowest BCUT2D eigenvalue weighted by Crippen LogP contribution is -2.19. The summed E-state index contributed by atoms with van der Waals surface area (Å²) in [5.74, 6) is 0.426. The summed E-state index contributed by atoms with van der Waals surface area (Å²) in [4.78, 5) is 12.0. The van der Waals surface area contributed by atoms with Crippen molar-refractivity contribution >= 4 is 28.8 Å². The van der Waals surface area contributed by atoms with Gasteiger partial charge < -0.3 is 20.5 Å². The molecular weight excluding hydrogens is 276 g/mol. The fraction of sp³-hybridized carbons (Fsp3) is 0.429. The molecule has 20 heavy (non-hydrogen) atoms. The first kappa shape index (κ1) is 16.4. The van der Waals surface area contributed by atoms with E-state index in [1.54, 1.807) is 12.1 Å². The van der Waals surface area contributed by atoms with E-state index in [1.165, 1.54) is 0 Å². The number of nitrogens with one attached hydrogen (secondary N) is 1. The first-order valence-electron chi connectivity index (χ1n) is 6.51. The molecule has 0 atom stereocenters. The zero-order chi connectivity index (χ0) is 14.8. The van der Waals surface area contributed by atoms with E-state index in [-0.39, 0.29) is 17.5 Å². The fourth-order valence-corrected chi connectivity index (χ4v) is 1.53. The van der Waals surface area contributed by atoms with E-state index >= 15 is 0 Å². The first-order valence-corrected chi connectivity index (χ1v) is 6.92. The molecule has 0 saturated heterocycles. The van der Waals surface area contributed by atoms with E-state index in [1.807, 2.05) is 19.1 Å². The van der Waals surface area contributed by atoms with Gasteiger partial charge in [-0.05, 0) is 18.6 Å². The van der Waals surface area contributed by atoms with Gasteiger partial charge in [-0.3, -0.25) is 4.79 Å². The number of para-hydroxylation sites is 2. The minimum atomic E-state index is -0.118. The van der Waals surface area contributed by atoms with Gasteiger partial charge in [-0.25, -0.2) is 0 Å². The highest BCUT2D eigenvalue weighted by atomic mass is 32.1. The normalized spacial score (nSPS) is 10.1. The summed E-state index contributed by atoms with van der Waals surface area (Å²) in [6, 6.07) is 7.15. The van der Waals surface area contributed by atoms with Crippen LogP contribution in [0.3, 0.4) is 0 Å². The van der Waals surface area contributed by atoms with Gasteiger partial charge in [-0.1, -0.05) is 31.3 Å². The second-order valence-electron chi connectivity index (χ2n) is 4.16. The quantitative estimate of drug-likeness (QED) is 0.539. The Balaban J connectivity index is 2.49. The van der Waals surface area contributed by atoms with E-state index in [9.17, 15) is 4.79 Å². The maximum atomic E-state index is 11.8. The molecular formula is C14H20N2O3S. The summed E-state index contributed by atoms with van der Waals surface area (Å²) in [6.07, 6.45) is 1.25. The average Bonchev–Trinajstić information content (AvgIpc) is 2.42. The molecule has 5 nitrogen and oxygen atoms in total. The third-order valence-corrected chi connectivity index (χ3v) is 2.47. The molecule has 0 bridgehead atoms. The average molecular weight is 296 g/mol. The highest BCUT2D eigenvalue weighted by Gasteiger charge is 2.07. The highest BCUT2D eigenvalue weighted by Crippen LogP contribution is 2.23. The van der Waals surface area contributed by atoms with Crippen LogP contribution in [-0.4, -0.2) is 30.7 Å². The highest BCUT2D eigenvalue weighted by molar-refractivity contribution is 7.80. The van der Waals surface area contributed by atoms with Crippen LogP contribution in [0, 0.1) is 0 Å². The zero-order valence-corrected chi connectivity index (χ0v) is 12.4. The second-order valence-corrected chi connectivity index (χ2v) is 4.69. The molecule has 0 heterocycles. The number of thiocarbonyl (C=S) groups is 1. The number of ether oxygens (including phenoxy) is 2. The molecule has 0 unspecified atom stereocenters. The van der Waals surface area contributed by atoms with Crippen molar-refractivity contribution in [2.45, 2.75) is 19.8 Å². The van der Waals surface area contributed by atoms with Gasteiger partial charge in [0.15, 0.2) is 0 Å². The summed E-state index contributed by atoms with van der Waals surface area (Å²) in [5, 5.41) is 2.78. The van der Waals surface area contributed by atoms with Crippen LogP contribution < -0.4 is 15.8 Å². The molecule has 0 aromatic heterocycles. The van der Waals surface area contributed by atoms with E-state index in [4.69, 9.17) is 27.4 Å². The minimum Gasteiger partial charge on any atom is -0.484 e. The molecule has 3 N–H and O–H groups in total. The summed E-state index contributed by atoms with van der Waals surface area (Å²) >= 11 is 4.76. The Kier molecular flexibility index (Phi) is 7.60. The number of carbonyl (C=O) groups excluding carboxylic acids is 1. The number of carbonyl (C=O) groups is 1. The number of hydrogen-bond donors (Lipinski definition) is 2. The Morgan fingerprint density at radius 3 is 2.80 bits per heavy atom. The first-order chi connectivity index (χ1) is 9.63. The maximum Gasteiger partial charge on any atom is 0.226 e. The largest absolute Gasteiger partial charge is 0.484 e. The molecule has 0 fully saturated rings. The lowest BCUT2D eigenvalue weighted by Gasteiger charge is -2.12. The molecule has 1 amide bonds. The molecule has 0 saturated carbocycles. The fourth-order valence-electron chi connectivity index (χ4n) is 1.47. The minimum absolute atomic E-state index is 0.118. The molecule has 1 aromatic carbocycles. The molecule has 0 spiro atoms. The van der Waals surface area contributed by atoms with Crippen molar-refractivity contribution in [2.24, 2.45) is 5.73 Å². The van der Waals surface area contributed by atoms with E-state index < -0.39 is 0 Å². The summed E-state index contributed by atoms with van der Waals surface area (Å²) in [6.45, 7) is 3.24. The Bertz CT molecular complexity index is 452. The second kappa shape index (κ2) is 9.28. The maximum absolute atomic E-state index is 11.8. The molecule has 1 rings (SSSR count). The molecule has 0 radical (unpaired) electrons. The molecule has 110 valence electrons. The SMILES string of the molecule is CCCOCCC(=O)Nc1ccccc1OCC(N)=S. The Morgan fingerprint density at radius 1 is 1.35 bits per heavy atom. The topological polar surface area (TPSA) is 73.6 Å². The van der Waals surface area contributed by atoms with Crippen LogP contribution in [-0.2, 0) is 9.53 Å². The molecule has 6 heteroatoms. The van der Waals surface area contributed by atoms with Crippen molar-refractivity contribution < 1.29 is 14.3 Å². The number of nitrogens with two attached hydrogens (primary N) is 1. The van der Waals surface area contributed by atoms with Crippen molar-refractivity contribution in [2.75, 3.05) is 25.1 Å². The van der Waals surface area contributed by atoms with Gasteiger partial charge in [0.25, 0.3) is 0 Å². The van der Waals surface area contributed by atoms with Crippen LogP contribution in [0.25, 0.3) is 0 Å². The third kappa shape index (κ3) is 6.49. The predicted octanol–water partition coefficient (Wildman–Crippen LogP) is 2.11. The smallest absolute Gasteiger partial charge is 0.226 e. The Hall–Kier alpha value is -1.66. The standard InChI is InChI=1S/C14H20N2O3S/c1-2-8-18-9-7-14(17)16-11-5-3-4-6-12(11)19-10-13(15)20/h3-6H,2,7-10H2,1H3,(H2,15,20)(H,16,17). The summed E-state index contributed by atoms with van der Waals surface area (Å²) in [7, 11) is 0. The predicted molar refractivity (Wildman–Crippen MR) is 83.1 cm³/mol. The van der Waals surface area contributed by atoms with Crippen LogP contribution in [0.2, 0.25) is 0 Å². The number of amides is 1. The summed E-state index contributed by atoms with van der Waals surface area (Å²) < 4.78 is 10.7. The zero-order valence-electron chi connectivity index (χ0n) is 11.6. The van der Waals surface area contributed by atoms with E-state index in [0.29, 0.717) is 31.1 Å². The Morgan fingerprint density at radius 2 is 2.10 bits per heavy atom. The lowest BCUT2D eigenvalue weighted by molar-refractivity contribution is -0.117. The van der Waals surface area contributed by atoms with Crippen LogP contribution in [0.1, 0.15) is 19.8 Å². The van der Waals surface area contributed by atoms with Crippen molar-refractivity contribution in [3.63, 3.8) is 0 Å². The number of rotatable bonds is 9. The van der Waals surface area contributed by atoms with Gasteiger partial charge in [0.05, 0.1) is 18.7 Å². The lowest BCUT2D eigenvalue weighted by atomic mass is 10.3. The van der Waals surface area contributed by atoms with Crippen LogP contribution in [0.4, 0.5) is 5.69 Å². The molecule has 0 aliphatic rings. The van der Waals surface area contributed by atoms with Crippen LogP contribution in [0.5, 0.6) is 5.75 Å². The van der Waals surface area contributed by atoms with Crippen LogP contribution in [0.15, 0.2) is 24.3 Å². The van der Waals surface area contributed by atoms with Crippen molar-refractivity contribution in [1.29, 1.82) is 0 Å². The Labute approximate surface area is 124 Å². The van der Waals surface area contributed by atoms with Crippen molar-refractivity contribution in [1.82, 2.24) is 0 Å². The van der Waals surface area contributed by atoms with Crippen LogP contribution >= 0.6 is 12.2 Å². The molecule has 0 aliphatic heterocycles. The molecule has 1 aromatic rings. The van der Waals surface area contributed by atoms with Crippen molar-refractivity contribution in [3.05, 3.63) is 24.3 Å². The summed E-state index contributed by atoms with van der Waals surface area (Å²) in [5.41, 5.74) is 5.99. The van der Waals surface area contributed by atoms with Gasteiger partial charge >= 0.3 is 0 Å². The number of hydrogen-bond acceptors (Lipinski definition) is 4.